The van der Waals surface area contributed by atoms with Gasteiger partial charge in [-0.05, 0) is 31.4 Å². The van der Waals surface area contributed by atoms with E-state index >= 15 is 0 Å². The molecule has 1 saturated carbocycles. The number of nitrogens with zero attached hydrogens (tertiary/aromatic N) is 1. The lowest BCUT2D eigenvalue weighted by molar-refractivity contribution is -0.387. The molecule has 1 amide bonds. The molecule has 0 atom stereocenters. The Labute approximate surface area is 118 Å². The number of halogens is 1. The van der Waals surface area contributed by atoms with Crippen molar-refractivity contribution in [1.29, 1.82) is 0 Å². The maximum Gasteiger partial charge on any atom is 0.305 e. The van der Waals surface area contributed by atoms with Gasteiger partial charge in [-0.15, -0.1) is 0 Å². The number of carboxylic acid groups (broad SMARTS) is 1. The summed E-state index contributed by atoms with van der Waals surface area (Å²) in [4.78, 5) is 32.5. The average Bonchev–Trinajstić information content (AvgIpc) is 2.34. The number of nitrogens with one attached hydrogen (secondary N) is 1. The van der Waals surface area contributed by atoms with Crippen LogP contribution >= 0.6 is 0 Å². The summed E-state index contributed by atoms with van der Waals surface area (Å²) in [6, 6.07) is 2.83. The zero-order valence-corrected chi connectivity index (χ0v) is 11.0. The molecule has 1 aromatic carbocycles. The Kier molecular flexibility index (Phi) is 3.88. The van der Waals surface area contributed by atoms with Crippen molar-refractivity contribution >= 4 is 17.6 Å². The minimum absolute atomic E-state index is 0.0743. The van der Waals surface area contributed by atoms with Gasteiger partial charge >= 0.3 is 11.7 Å². The molecule has 1 aliphatic carbocycles. The number of nitro groups is 1. The molecule has 1 aromatic rings. The largest absolute Gasteiger partial charge is 0.481 e. The average molecular weight is 296 g/mol. The lowest BCUT2D eigenvalue weighted by atomic mass is 9.74. The molecule has 1 aliphatic rings. The summed E-state index contributed by atoms with van der Waals surface area (Å²) in [6.45, 7) is 0. The van der Waals surface area contributed by atoms with Crippen LogP contribution < -0.4 is 5.32 Å². The van der Waals surface area contributed by atoms with Crippen LogP contribution in [0.1, 0.15) is 36.0 Å². The SMILES string of the molecule is O=C(O)CC1(NC(=O)c2ccc([N+](=O)[O-])c(F)c2)CCC1. The molecular formula is C13H13FN2O5. The maximum absolute atomic E-state index is 13.5. The van der Waals surface area contributed by atoms with E-state index in [1.807, 2.05) is 0 Å². The topological polar surface area (TPSA) is 110 Å². The van der Waals surface area contributed by atoms with Gasteiger partial charge in [-0.25, -0.2) is 0 Å². The van der Waals surface area contributed by atoms with Crippen LogP contribution in [0.5, 0.6) is 0 Å². The quantitative estimate of drug-likeness (QED) is 0.636. The van der Waals surface area contributed by atoms with Crippen molar-refractivity contribution in [1.82, 2.24) is 5.32 Å². The van der Waals surface area contributed by atoms with Gasteiger partial charge in [-0.3, -0.25) is 19.7 Å². The first-order valence-corrected chi connectivity index (χ1v) is 6.31. The molecule has 0 aliphatic heterocycles. The van der Waals surface area contributed by atoms with Crippen LogP contribution in [-0.2, 0) is 4.79 Å². The lowest BCUT2D eigenvalue weighted by Gasteiger charge is -2.41. The molecule has 112 valence electrons. The standard InChI is InChI=1S/C13H13FN2O5/c14-9-6-8(2-3-10(9)16(20)21)12(19)15-13(4-1-5-13)7-11(17)18/h2-3,6H,1,4-5,7H2,(H,15,19)(H,17,18). The highest BCUT2D eigenvalue weighted by molar-refractivity contribution is 5.95. The van der Waals surface area contributed by atoms with Gasteiger partial charge in [0.25, 0.3) is 5.91 Å². The van der Waals surface area contributed by atoms with Crippen LogP contribution in [0.3, 0.4) is 0 Å². The highest BCUT2D eigenvalue weighted by Gasteiger charge is 2.40. The van der Waals surface area contributed by atoms with E-state index in [4.69, 9.17) is 5.11 Å². The van der Waals surface area contributed by atoms with Crippen molar-refractivity contribution in [2.45, 2.75) is 31.2 Å². The molecule has 1 fully saturated rings. The Morgan fingerprint density at radius 1 is 1.43 bits per heavy atom. The van der Waals surface area contributed by atoms with Crippen molar-refractivity contribution < 1.29 is 24.0 Å². The zero-order chi connectivity index (χ0) is 15.6. The predicted octanol–water partition coefficient (Wildman–Crippen LogP) is 1.86. The number of rotatable bonds is 5. The number of hydrogen-bond donors (Lipinski definition) is 2. The second-order valence-electron chi connectivity index (χ2n) is 5.08. The highest BCUT2D eigenvalue weighted by atomic mass is 19.1. The van der Waals surface area contributed by atoms with Crippen LogP contribution in [0.2, 0.25) is 0 Å². The van der Waals surface area contributed by atoms with Gasteiger partial charge in [0.05, 0.1) is 16.9 Å². The van der Waals surface area contributed by atoms with Gasteiger partial charge in [0, 0.05) is 11.6 Å². The van der Waals surface area contributed by atoms with E-state index in [1.54, 1.807) is 0 Å². The summed E-state index contributed by atoms with van der Waals surface area (Å²) < 4.78 is 13.5. The Balaban J connectivity index is 2.15. The highest BCUT2D eigenvalue weighted by Crippen LogP contribution is 2.35. The summed E-state index contributed by atoms with van der Waals surface area (Å²) in [6.07, 6.45) is 1.69. The summed E-state index contributed by atoms with van der Waals surface area (Å²) >= 11 is 0. The number of hydrogen-bond acceptors (Lipinski definition) is 4. The monoisotopic (exact) mass is 296 g/mol. The molecule has 0 spiro atoms. The van der Waals surface area contributed by atoms with Crippen molar-refractivity contribution in [3.05, 3.63) is 39.7 Å². The van der Waals surface area contributed by atoms with E-state index in [0.717, 1.165) is 24.6 Å². The predicted molar refractivity (Wildman–Crippen MR) is 69.4 cm³/mol. The number of carbonyl (C=O) groups excluding carboxylic acids is 1. The van der Waals surface area contributed by atoms with E-state index in [-0.39, 0.29) is 12.0 Å². The van der Waals surface area contributed by atoms with Gasteiger partial charge in [0.1, 0.15) is 0 Å². The number of aliphatic carboxylic acids is 1. The van der Waals surface area contributed by atoms with Gasteiger partial charge < -0.3 is 10.4 Å². The minimum Gasteiger partial charge on any atom is -0.481 e. The van der Waals surface area contributed by atoms with Crippen molar-refractivity contribution in [3.8, 4) is 0 Å². The third-order valence-corrected chi connectivity index (χ3v) is 3.59. The molecule has 0 aromatic heterocycles. The molecule has 2 N–H and O–H groups in total. The number of carboxylic acids is 1. The third-order valence-electron chi connectivity index (χ3n) is 3.59. The fourth-order valence-corrected chi connectivity index (χ4v) is 2.35. The first-order chi connectivity index (χ1) is 9.83. The number of carbonyl (C=O) groups is 2. The first-order valence-electron chi connectivity index (χ1n) is 6.31. The Morgan fingerprint density at radius 3 is 2.52 bits per heavy atom. The van der Waals surface area contributed by atoms with Gasteiger partial charge in [-0.2, -0.15) is 4.39 Å². The summed E-state index contributed by atoms with van der Waals surface area (Å²) in [5, 5.41) is 22.0. The van der Waals surface area contributed by atoms with E-state index in [9.17, 15) is 24.1 Å². The second kappa shape index (κ2) is 5.47. The minimum atomic E-state index is -1.10. The molecule has 0 heterocycles. The second-order valence-corrected chi connectivity index (χ2v) is 5.08. The molecule has 2 rings (SSSR count). The molecule has 21 heavy (non-hydrogen) atoms. The summed E-state index contributed by atoms with van der Waals surface area (Å²) in [5.74, 6) is -2.76. The van der Waals surface area contributed by atoms with Crippen LogP contribution in [0.4, 0.5) is 10.1 Å². The van der Waals surface area contributed by atoms with Crippen LogP contribution in [0.15, 0.2) is 18.2 Å². The molecule has 0 unspecified atom stereocenters. The van der Waals surface area contributed by atoms with E-state index in [0.29, 0.717) is 12.8 Å². The summed E-state index contributed by atoms with van der Waals surface area (Å²) in [5.41, 5.74) is -1.59. The molecule has 0 bridgehead atoms. The lowest BCUT2D eigenvalue weighted by Crippen LogP contribution is -2.54. The smallest absolute Gasteiger partial charge is 0.305 e. The van der Waals surface area contributed by atoms with Gasteiger partial charge in [0.15, 0.2) is 0 Å². The molecule has 7 nitrogen and oxygen atoms in total. The number of amides is 1. The summed E-state index contributed by atoms with van der Waals surface area (Å²) in [7, 11) is 0. The molecular weight excluding hydrogens is 283 g/mol. The Hall–Kier alpha value is -2.51. The number of benzene rings is 1. The zero-order valence-electron chi connectivity index (χ0n) is 11.0. The van der Waals surface area contributed by atoms with Crippen molar-refractivity contribution in [3.63, 3.8) is 0 Å². The van der Waals surface area contributed by atoms with Crippen molar-refractivity contribution in [2.75, 3.05) is 0 Å². The van der Waals surface area contributed by atoms with Crippen LogP contribution in [0.25, 0.3) is 0 Å². The Morgan fingerprint density at radius 2 is 2.10 bits per heavy atom. The molecule has 0 saturated heterocycles. The van der Waals surface area contributed by atoms with Crippen molar-refractivity contribution in [2.24, 2.45) is 0 Å². The van der Waals surface area contributed by atoms with Crippen LogP contribution in [-0.4, -0.2) is 27.4 Å². The van der Waals surface area contributed by atoms with Gasteiger partial charge in [0.2, 0.25) is 5.82 Å². The molecule has 8 heteroatoms. The molecule has 0 radical (unpaired) electrons. The van der Waals surface area contributed by atoms with E-state index < -0.39 is 33.8 Å². The first kappa shape index (κ1) is 14.9. The van der Waals surface area contributed by atoms with E-state index in [2.05, 4.69) is 5.32 Å². The number of nitro benzene ring substituents is 1. The maximum atomic E-state index is 13.5. The fraction of sp³-hybridized carbons (Fsp3) is 0.385. The van der Waals surface area contributed by atoms with Gasteiger partial charge in [-0.1, -0.05) is 0 Å². The fourth-order valence-electron chi connectivity index (χ4n) is 2.35. The Bertz CT molecular complexity index is 613. The third kappa shape index (κ3) is 3.15. The normalized spacial score (nSPS) is 15.9. The van der Waals surface area contributed by atoms with Crippen LogP contribution in [0, 0.1) is 15.9 Å². The van der Waals surface area contributed by atoms with E-state index in [1.165, 1.54) is 0 Å².